The Hall–Kier alpha value is -2.22. The number of amides is 1. The number of aliphatic hydroxyl groups excluding tert-OH is 1. The van der Waals surface area contributed by atoms with Gasteiger partial charge in [-0.1, -0.05) is 18.2 Å². The SMILES string of the molecule is CC(=O)N(C)C.CC(O)(CCO)c1cnc[nH]1.c1ccc2sccc2c1. The number of carbonyl (C=O) groups is 1. The molecule has 0 saturated heterocycles. The fourth-order valence-electron chi connectivity index (χ4n) is 1.81. The van der Waals surface area contributed by atoms with Crippen molar-refractivity contribution in [2.75, 3.05) is 20.7 Å². The highest BCUT2D eigenvalue weighted by Crippen LogP contribution is 2.20. The van der Waals surface area contributed by atoms with Gasteiger partial charge in [-0.3, -0.25) is 4.79 Å². The number of thiophene rings is 1. The van der Waals surface area contributed by atoms with Crippen molar-refractivity contribution in [1.29, 1.82) is 0 Å². The van der Waals surface area contributed by atoms with Crippen LogP contribution in [-0.2, 0) is 10.4 Å². The molecule has 0 spiro atoms. The highest BCUT2D eigenvalue weighted by molar-refractivity contribution is 7.17. The van der Waals surface area contributed by atoms with Gasteiger partial charge in [0.15, 0.2) is 0 Å². The van der Waals surface area contributed by atoms with E-state index in [2.05, 4.69) is 45.7 Å². The van der Waals surface area contributed by atoms with E-state index in [9.17, 15) is 9.90 Å². The predicted octanol–water partition coefficient (Wildman–Crippen LogP) is 3.00. The standard InChI is InChI=1S/C8H6S.C7H12N2O2.C4H9NO/c1-2-4-8-7(3-1)5-6-9-8;1-7(11,2-3-10)6-4-8-5-9-6;1-4(6)5(2)3/h1-6H;4-5,10-11H,2-3H2,1H3,(H,8,9);1-3H3. The second kappa shape index (κ2) is 10.7. The third kappa shape index (κ3) is 7.35. The van der Waals surface area contributed by atoms with E-state index in [1.54, 1.807) is 38.6 Å². The highest BCUT2D eigenvalue weighted by Gasteiger charge is 2.23. The molecular weight excluding hydrogens is 350 g/mol. The topological polar surface area (TPSA) is 89.5 Å². The number of rotatable bonds is 3. The van der Waals surface area contributed by atoms with Crippen molar-refractivity contribution in [2.24, 2.45) is 0 Å². The van der Waals surface area contributed by atoms with Crippen LogP contribution in [0.5, 0.6) is 0 Å². The van der Waals surface area contributed by atoms with Crippen LogP contribution >= 0.6 is 11.3 Å². The number of aromatic nitrogens is 2. The van der Waals surface area contributed by atoms with E-state index in [4.69, 9.17) is 5.11 Å². The van der Waals surface area contributed by atoms with E-state index >= 15 is 0 Å². The van der Waals surface area contributed by atoms with Crippen LogP contribution in [0, 0.1) is 0 Å². The monoisotopic (exact) mass is 377 g/mol. The van der Waals surface area contributed by atoms with Gasteiger partial charge >= 0.3 is 0 Å². The summed E-state index contributed by atoms with van der Waals surface area (Å²) in [5.74, 6) is 0.0926. The van der Waals surface area contributed by atoms with Crippen molar-refractivity contribution in [1.82, 2.24) is 14.9 Å². The van der Waals surface area contributed by atoms with Gasteiger partial charge in [0.2, 0.25) is 5.91 Å². The van der Waals surface area contributed by atoms with Crippen LogP contribution in [-0.4, -0.2) is 51.7 Å². The van der Waals surface area contributed by atoms with Crippen molar-refractivity contribution in [2.45, 2.75) is 25.9 Å². The molecule has 1 atom stereocenters. The van der Waals surface area contributed by atoms with Crippen molar-refractivity contribution >= 4 is 27.3 Å². The number of carbonyl (C=O) groups excluding carboxylic acids is 1. The zero-order valence-corrected chi connectivity index (χ0v) is 16.5. The number of hydrogen-bond acceptors (Lipinski definition) is 5. The summed E-state index contributed by atoms with van der Waals surface area (Å²) in [6, 6.07) is 10.5. The van der Waals surface area contributed by atoms with Crippen LogP contribution in [0.2, 0.25) is 0 Å². The quantitative estimate of drug-likeness (QED) is 0.655. The molecule has 142 valence electrons. The Labute approximate surface area is 158 Å². The van der Waals surface area contributed by atoms with Gasteiger partial charge in [0.05, 0.1) is 18.2 Å². The van der Waals surface area contributed by atoms with Gasteiger partial charge in [-0.2, -0.15) is 0 Å². The molecule has 0 aliphatic carbocycles. The summed E-state index contributed by atoms with van der Waals surface area (Å²) >= 11 is 1.79. The lowest BCUT2D eigenvalue weighted by atomic mass is 10.00. The molecule has 6 nitrogen and oxygen atoms in total. The molecule has 2 heterocycles. The van der Waals surface area contributed by atoms with Gasteiger partial charge in [0, 0.05) is 38.7 Å². The first-order chi connectivity index (χ1) is 12.3. The summed E-state index contributed by atoms with van der Waals surface area (Å²) in [5, 5.41) is 21.7. The van der Waals surface area contributed by atoms with Crippen molar-refractivity contribution in [3.63, 3.8) is 0 Å². The van der Waals surface area contributed by atoms with Crippen LogP contribution in [0.4, 0.5) is 0 Å². The van der Waals surface area contributed by atoms with E-state index in [0.29, 0.717) is 12.1 Å². The second-order valence-corrected chi connectivity index (χ2v) is 7.03. The molecule has 0 saturated carbocycles. The third-order valence-electron chi connectivity index (χ3n) is 3.67. The number of fused-ring (bicyclic) bond motifs is 1. The largest absolute Gasteiger partial charge is 0.396 e. The summed E-state index contributed by atoms with van der Waals surface area (Å²) in [6.45, 7) is 3.13. The molecule has 26 heavy (non-hydrogen) atoms. The van der Waals surface area contributed by atoms with Gasteiger partial charge < -0.3 is 20.1 Å². The molecule has 1 amide bonds. The number of imidazole rings is 1. The van der Waals surface area contributed by atoms with Crippen LogP contribution < -0.4 is 0 Å². The molecule has 0 aliphatic heterocycles. The minimum Gasteiger partial charge on any atom is -0.396 e. The molecule has 3 aromatic rings. The number of benzene rings is 1. The van der Waals surface area contributed by atoms with E-state index in [1.807, 2.05) is 0 Å². The summed E-state index contributed by atoms with van der Waals surface area (Å²) in [7, 11) is 3.45. The molecule has 1 aromatic carbocycles. The molecular formula is C19H27N3O3S. The third-order valence-corrected chi connectivity index (χ3v) is 4.57. The molecule has 0 radical (unpaired) electrons. The van der Waals surface area contributed by atoms with Gasteiger partial charge in [-0.25, -0.2) is 4.98 Å². The van der Waals surface area contributed by atoms with Crippen LogP contribution in [0.3, 0.4) is 0 Å². The summed E-state index contributed by atoms with van der Waals surface area (Å²) in [6.07, 6.45) is 3.37. The van der Waals surface area contributed by atoms with E-state index in [1.165, 1.54) is 28.2 Å². The Balaban J connectivity index is 0.000000204. The van der Waals surface area contributed by atoms with Gasteiger partial charge in [0.25, 0.3) is 0 Å². The van der Waals surface area contributed by atoms with Gasteiger partial charge in [0.1, 0.15) is 5.60 Å². The van der Waals surface area contributed by atoms with Crippen LogP contribution in [0.1, 0.15) is 26.0 Å². The Kier molecular flexibility index (Phi) is 8.98. The number of aliphatic hydroxyl groups is 2. The fraction of sp³-hybridized carbons (Fsp3) is 0.368. The average Bonchev–Trinajstić information content (AvgIpc) is 3.28. The van der Waals surface area contributed by atoms with Crippen molar-refractivity contribution in [3.8, 4) is 0 Å². The summed E-state index contributed by atoms with van der Waals surface area (Å²) in [5.41, 5.74) is -0.364. The maximum atomic E-state index is 10.1. The van der Waals surface area contributed by atoms with Crippen LogP contribution in [0.25, 0.3) is 10.1 Å². The maximum absolute atomic E-state index is 10.1. The van der Waals surface area contributed by atoms with E-state index in [-0.39, 0.29) is 12.5 Å². The Morgan fingerprint density at radius 1 is 1.31 bits per heavy atom. The Morgan fingerprint density at radius 3 is 2.46 bits per heavy atom. The average molecular weight is 378 g/mol. The first-order valence-corrected chi connectivity index (χ1v) is 9.08. The molecule has 1 unspecified atom stereocenters. The number of aromatic amines is 1. The Morgan fingerprint density at radius 2 is 1.96 bits per heavy atom. The lowest BCUT2D eigenvalue weighted by Gasteiger charge is -2.19. The molecule has 0 fully saturated rings. The lowest BCUT2D eigenvalue weighted by Crippen LogP contribution is -2.22. The zero-order valence-electron chi connectivity index (χ0n) is 15.6. The highest BCUT2D eigenvalue weighted by atomic mass is 32.1. The number of hydrogen-bond donors (Lipinski definition) is 3. The molecule has 0 bridgehead atoms. The Bertz CT molecular complexity index is 737. The van der Waals surface area contributed by atoms with E-state index in [0.717, 1.165) is 0 Å². The summed E-state index contributed by atoms with van der Waals surface area (Å²) < 4.78 is 1.37. The van der Waals surface area contributed by atoms with Gasteiger partial charge in [-0.15, -0.1) is 11.3 Å². The van der Waals surface area contributed by atoms with Crippen molar-refractivity contribution < 1.29 is 15.0 Å². The van der Waals surface area contributed by atoms with Crippen molar-refractivity contribution in [3.05, 3.63) is 53.9 Å². The fourth-order valence-corrected chi connectivity index (χ4v) is 2.60. The smallest absolute Gasteiger partial charge is 0.218 e. The molecule has 2 aromatic heterocycles. The number of H-pyrrole nitrogens is 1. The molecule has 7 heteroatoms. The second-order valence-electron chi connectivity index (χ2n) is 6.08. The first kappa shape index (κ1) is 21.8. The number of nitrogens with zero attached hydrogens (tertiary/aromatic N) is 2. The van der Waals surface area contributed by atoms with E-state index < -0.39 is 5.60 Å². The normalized spacial score (nSPS) is 12.2. The minimum atomic E-state index is -0.995. The first-order valence-electron chi connectivity index (χ1n) is 8.20. The summed E-state index contributed by atoms with van der Waals surface area (Å²) in [4.78, 5) is 18.2. The molecule has 0 aliphatic rings. The minimum absolute atomic E-state index is 0.0357. The molecule has 3 rings (SSSR count). The lowest BCUT2D eigenvalue weighted by molar-refractivity contribution is -0.126. The maximum Gasteiger partial charge on any atom is 0.218 e. The van der Waals surface area contributed by atoms with Crippen LogP contribution in [0.15, 0.2) is 48.2 Å². The van der Waals surface area contributed by atoms with Gasteiger partial charge in [-0.05, 0) is 29.8 Å². The predicted molar refractivity (Wildman–Crippen MR) is 106 cm³/mol. The molecule has 3 N–H and O–H groups in total. The zero-order chi connectivity index (χ0) is 19.6. The number of nitrogens with one attached hydrogen (secondary N) is 1.